The van der Waals surface area contributed by atoms with Crippen LogP contribution in [0.1, 0.15) is 32.2 Å². The topological polar surface area (TPSA) is 85.6 Å². The number of carbonyl (C=O) groups excluding carboxylic acids is 2. The molecule has 1 aromatic carbocycles. The minimum atomic E-state index is -1.08. The average molecular weight is 335 g/mol. The van der Waals surface area contributed by atoms with Crippen LogP contribution in [0, 0.1) is 6.92 Å². The molecular formula is C16H17NO5S. The number of amides is 1. The van der Waals surface area contributed by atoms with Crippen LogP contribution in [-0.4, -0.2) is 29.5 Å². The van der Waals surface area contributed by atoms with Crippen LogP contribution < -0.4 is 5.32 Å². The predicted molar refractivity (Wildman–Crippen MR) is 84.7 cm³/mol. The van der Waals surface area contributed by atoms with Crippen molar-refractivity contribution >= 4 is 22.7 Å². The molecule has 2 aromatic rings. The molecule has 2 rings (SSSR count). The van der Waals surface area contributed by atoms with Crippen molar-refractivity contribution in [2.75, 3.05) is 13.4 Å². The average Bonchev–Trinajstić information content (AvgIpc) is 2.92. The summed E-state index contributed by atoms with van der Waals surface area (Å²) in [4.78, 5) is 24.2. The van der Waals surface area contributed by atoms with Crippen molar-refractivity contribution in [2.24, 2.45) is 0 Å². The lowest BCUT2D eigenvalue weighted by Crippen LogP contribution is -2.22. The zero-order valence-corrected chi connectivity index (χ0v) is 13.9. The van der Waals surface area contributed by atoms with E-state index in [2.05, 4.69) is 10.1 Å². The number of hydrogen-bond acceptors (Lipinski definition) is 5. The van der Waals surface area contributed by atoms with E-state index in [4.69, 9.17) is 4.42 Å². The Balaban J connectivity index is 2.01. The molecule has 0 aliphatic heterocycles. The number of furan rings is 1. The fraction of sp³-hybridized carbons (Fsp3) is 0.250. The molecule has 1 unspecified atom stereocenters. The van der Waals surface area contributed by atoms with Crippen LogP contribution in [0.15, 0.2) is 39.6 Å². The van der Waals surface area contributed by atoms with E-state index in [0.29, 0.717) is 27.5 Å². The van der Waals surface area contributed by atoms with Crippen LogP contribution in [0.2, 0.25) is 0 Å². The van der Waals surface area contributed by atoms with Crippen molar-refractivity contribution in [2.45, 2.75) is 18.4 Å². The van der Waals surface area contributed by atoms with Gasteiger partial charge in [-0.3, -0.25) is 9.00 Å². The third-order valence-electron chi connectivity index (χ3n) is 3.25. The molecule has 0 saturated heterocycles. The number of methoxy groups -OCH3 is 1. The van der Waals surface area contributed by atoms with E-state index in [0.717, 1.165) is 0 Å². The number of nitrogens with one attached hydrogen (secondary N) is 1. The maximum atomic E-state index is 12.1. The van der Waals surface area contributed by atoms with E-state index >= 15 is 0 Å². The molecule has 0 aliphatic carbocycles. The van der Waals surface area contributed by atoms with E-state index in [1.807, 2.05) is 0 Å². The smallest absolute Gasteiger partial charge is 0.341 e. The van der Waals surface area contributed by atoms with Crippen LogP contribution in [-0.2, 0) is 22.1 Å². The first-order valence-electron chi connectivity index (χ1n) is 6.81. The molecule has 1 aromatic heterocycles. The number of rotatable bonds is 5. The third kappa shape index (κ3) is 4.07. The monoisotopic (exact) mass is 335 g/mol. The zero-order valence-electron chi connectivity index (χ0n) is 13.0. The number of aryl methyl sites for hydroxylation is 1. The Hall–Kier alpha value is -2.41. The van der Waals surface area contributed by atoms with Crippen molar-refractivity contribution in [1.82, 2.24) is 5.32 Å². The summed E-state index contributed by atoms with van der Waals surface area (Å²) in [6.07, 6.45) is 1.58. The van der Waals surface area contributed by atoms with Gasteiger partial charge >= 0.3 is 5.97 Å². The number of carbonyl (C=O) groups is 2. The van der Waals surface area contributed by atoms with E-state index in [-0.39, 0.29) is 12.5 Å². The Morgan fingerprint density at radius 3 is 2.48 bits per heavy atom. The molecule has 7 heteroatoms. The summed E-state index contributed by atoms with van der Waals surface area (Å²) in [6.45, 7) is 1.80. The highest BCUT2D eigenvalue weighted by Crippen LogP contribution is 2.15. The molecule has 0 saturated carbocycles. The van der Waals surface area contributed by atoms with E-state index in [1.54, 1.807) is 43.5 Å². The first kappa shape index (κ1) is 17.0. The van der Waals surface area contributed by atoms with Crippen LogP contribution in [0.3, 0.4) is 0 Å². The summed E-state index contributed by atoms with van der Waals surface area (Å²) in [5.41, 5.74) is 0.794. The number of esters is 1. The predicted octanol–water partition coefficient (Wildman–Crippen LogP) is 2.04. The van der Waals surface area contributed by atoms with Gasteiger partial charge in [0.15, 0.2) is 0 Å². The lowest BCUT2D eigenvalue weighted by molar-refractivity contribution is 0.0598. The molecular weight excluding hydrogens is 318 g/mol. The van der Waals surface area contributed by atoms with Gasteiger partial charge < -0.3 is 14.5 Å². The number of benzene rings is 1. The summed E-state index contributed by atoms with van der Waals surface area (Å²) in [5.74, 6) is 0.137. The van der Waals surface area contributed by atoms with E-state index < -0.39 is 16.8 Å². The summed E-state index contributed by atoms with van der Waals surface area (Å²) in [5, 5.41) is 2.70. The Bertz CT molecular complexity index is 748. The lowest BCUT2D eigenvalue weighted by atomic mass is 10.2. The second-order valence-corrected chi connectivity index (χ2v) is 6.21. The zero-order chi connectivity index (χ0) is 17.0. The van der Waals surface area contributed by atoms with Gasteiger partial charge in [-0.2, -0.15) is 0 Å². The maximum Gasteiger partial charge on any atom is 0.341 e. The third-order valence-corrected chi connectivity index (χ3v) is 4.18. The number of ether oxygens (including phenoxy) is 1. The summed E-state index contributed by atoms with van der Waals surface area (Å²) in [7, 11) is 0.215. The second-order valence-electron chi connectivity index (χ2n) is 4.84. The van der Waals surface area contributed by atoms with Gasteiger partial charge in [-0.15, -0.1) is 0 Å². The minimum Gasteiger partial charge on any atom is -0.465 e. The Morgan fingerprint density at radius 1 is 1.26 bits per heavy atom. The van der Waals surface area contributed by atoms with Crippen molar-refractivity contribution < 1.29 is 23.0 Å². The summed E-state index contributed by atoms with van der Waals surface area (Å²) in [6, 6.07) is 8.07. The van der Waals surface area contributed by atoms with Crippen molar-refractivity contribution in [3.63, 3.8) is 0 Å². The van der Waals surface area contributed by atoms with Gasteiger partial charge in [-0.1, -0.05) is 0 Å². The standard InChI is InChI=1S/C16H17NO5S/c1-10-14(16(19)21-2)8-12(22-10)9-17-15(18)11-4-6-13(7-5-11)23(3)20/h4-8H,9H2,1-3H3,(H,17,18). The molecule has 0 aliphatic rings. The van der Waals surface area contributed by atoms with E-state index in [9.17, 15) is 13.8 Å². The van der Waals surface area contributed by atoms with Gasteiger partial charge in [-0.25, -0.2) is 4.79 Å². The Labute approximate surface area is 136 Å². The fourth-order valence-corrected chi connectivity index (χ4v) is 2.53. The van der Waals surface area contributed by atoms with E-state index in [1.165, 1.54) is 7.11 Å². The normalized spacial score (nSPS) is 11.8. The molecule has 1 amide bonds. The van der Waals surface area contributed by atoms with Crippen LogP contribution in [0.5, 0.6) is 0 Å². The summed E-state index contributed by atoms with van der Waals surface area (Å²) >= 11 is 0. The minimum absolute atomic E-state index is 0.151. The highest BCUT2D eigenvalue weighted by molar-refractivity contribution is 7.84. The molecule has 1 N–H and O–H groups in total. The van der Waals surface area contributed by atoms with Gasteiger partial charge in [0.25, 0.3) is 5.91 Å². The molecule has 0 spiro atoms. The van der Waals surface area contributed by atoms with Crippen LogP contribution in [0.25, 0.3) is 0 Å². The SMILES string of the molecule is COC(=O)c1cc(CNC(=O)c2ccc(S(C)=O)cc2)oc1C. The van der Waals surface area contributed by atoms with Crippen LogP contribution >= 0.6 is 0 Å². The molecule has 6 nitrogen and oxygen atoms in total. The first-order chi connectivity index (χ1) is 10.9. The van der Waals surface area contributed by atoms with Crippen LogP contribution in [0.4, 0.5) is 0 Å². The molecule has 1 heterocycles. The van der Waals surface area contributed by atoms with Crippen molar-refractivity contribution in [3.05, 3.63) is 53.0 Å². The highest BCUT2D eigenvalue weighted by Gasteiger charge is 2.16. The van der Waals surface area contributed by atoms with Crippen molar-refractivity contribution in [3.8, 4) is 0 Å². The molecule has 0 fully saturated rings. The Morgan fingerprint density at radius 2 is 1.91 bits per heavy atom. The maximum absolute atomic E-state index is 12.1. The molecule has 0 bridgehead atoms. The lowest BCUT2D eigenvalue weighted by Gasteiger charge is -2.04. The van der Waals surface area contributed by atoms with Gasteiger partial charge in [0.05, 0.1) is 13.7 Å². The summed E-state index contributed by atoms with van der Waals surface area (Å²) < 4.78 is 21.4. The van der Waals surface area contributed by atoms with Gasteiger partial charge in [0.2, 0.25) is 0 Å². The molecule has 122 valence electrons. The molecule has 23 heavy (non-hydrogen) atoms. The largest absolute Gasteiger partial charge is 0.465 e. The quantitative estimate of drug-likeness (QED) is 0.845. The molecule has 1 atom stereocenters. The highest BCUT2D eigenvalue weighted by atomic mass is 32.2. The van der Waals surface area contributed by atoms with Gasteiger partial charge in [-0.05, 0) is 37.3 Å². The molecule has 0 radical (unpaired) electrons. The van der Waals surface area contributed by atoms with Gasteiger partial charge in [0.1, 0.15) is 17.1 Å². The van der Waals surface area contributed by atoms with Gasteiger partial charge in [0, 0.05) is 27.5 Å². The second kappa shape index (κ2) is 7.23. The fourth-order valence-electron chi connectivity index (χ4n) is 2.01. The number of hydrogen-bond donors (Lipinski definition) is 1. The first-order valence-corrected chi connectivity index (χ1v) is 8.37. The van der Waals surface area contributed by atoms with Crippen molar-refractivity contribution in [1.29, 1.82) is 0 Å². The Kier molecular flexibility index (Phi) is 5.33.